The van der Waals surface area contributed by atoms with Crippen molar-refractivity contribution in [1.82, 2.24) is 9.55 Å². The molecule has 7 heteroatoms. The van der Waals surface area contributed by atoms with E-state index in [1.54, 1.807) is 22.8 Å². The molecule has 0 fully saturated rings. The van der Waals surface area contributed by atoms with E-state index in [0.29, 0.717) is 17.1 Å². The summed E-state index contributed by atoms with van der Waals surface area (Å²) < 4.78 is 1.61. The zero-order chi connectivity index (χ0) is 17.1. The van der Waals surface area contributed by atoms with Crippen molar-refractivity contribution >= 4 is 12.0 Å². The number of rotatable bonds is 3. The number of benzene rings is 2. The summed E-state index contributed by atoms with van der Waals surface area (Å²) in [6, 6.07) is 12.6. The summed E-state index contributed by atoms with van der Waals surface area (Å²) in [6.45, 7) is 0. The van der Waals surface area contributed by atoms with E-state index < -0.39 is 0 Å². The fourth-order valence-corrected chi connectivity index (χ4v) is 2.10. The van der Waals surface area contributed by atoms with Crippen LogP contribution in [-0.4, -0.2) is 31.1 Å². The first-order valence-corrected chi connectivity index (χ1v) is 6.91. The van der Waals surface area contributed by atoms with Crippen molar-refractivity contribution in [2.75, 3.05) is 0 Å². The third-order valence-electron chi connectivity index (χ3n) is 3.31. The standard InChI is InChI=1S/C17H12N4O3/c18-8-14-17(19-9-11-1-6-15(23)16(24)7-11)21(10-20-14)12-2-4-13(22)5-3-12/h1-7,9-10,22-24H/b19-9+. The van der Waals surface area contributed by atoms with Crippen molar-refractivity contribution in [2.24, 2.45) is 4.99 Å². The molecule has 0 atom stereocenters. The van der Waals surface area contributed by atoms with Crippen molar-refractivity contribution in [3.63, 3.8) is 0 Å². The molecule has 0 aliphatic heterocycles. The fourth-order valence-electron chi connectivity index (χ4n) is 2.10. The zero-order valence-electron chi connectivity index (χ0n) is 12.3. The number of aromatic hydroxyl groups is 3. The number of hydrogen-bond acceptors (Lipinski definition) is 6. The van der Waals surface area contributed by atoms with Gasteiger partial charge in [-0.25, -0.2) is 9.98 Å². The largest absolute Gasteiger partial charge is 0.508 e. The van der Waals surface area contributed by atoms with Gasteiger partial charge in [0.15, 0.2) is 23.0 Å². The maximum absolute atomic E-state index is 9.51. The highest BCUT2D eigenvalue weighted by Gasteiger charge is 2.11. The van der Waals surface area contributed by atoms with Gasteiger partial charge in [0.05, 0.1) is 0 Å². The molecule has 7 nitrogen and oxygen atoms in total. The van der Waals surface area contributed by atoms with Crippen molar-refractivity contribution in [3.05, 3.63) is 60.0 Å². The molecule has 0 amide bonds. The Labute approximate surface area is 137 Å². The minimum atomic E-state index is -0.258. The Bertz CT molecular complexity index is 953. The number of aromatic nitrogens is 2. The van der Waals surface area contributed by atoms with Crippen LogP contribution in [0.5, 0.6) is 17.2 Å². The number of phenols is 3. The summed E-state index contributed by atoms with van der Waals surface area (Å²) in [5.41, 5.74) is 1.37. The van der Waals surface area contributed by atoms with Gasteiger partial charge in [0.1, 0.15) is 18.1 Å². The highest BCUT2D eigenvalue weighted by Crippen LogP contribution is 2.26. The summed E-state index contributed by atoms with van der Waals surface area (Å²) in [6.07, 6.45) is 2.92. The van der Waals surface area contributed by atoms with E-state index in [1.807, 2.05) is 6.07 Å². The lowest BCUT2D eigenvalue weighted by atomic mass is 10.2. The molecule has 3 N–H and O–H groups in total. The third kappa shape index (κ3) is 2.89. The minimum absolute atomic E-state index is 0.129. The molecule has 3 aromatic rings. The van der Waals surface area contributed by atoms with Gasteiger partial charge in [-0.15, -0.1) is 0 Å². The molecule has 1 heterocycles. The third-order valence-corrected chi connectivity index (χ3v) is 3.31. The van der Waals surface area contributed by atoms with Crippen LogP contribution in [0, 0.1) is 11.3 Å². The highest BCUT2D eigenvalue weighted by molar-refractivity contribution is 5.83. The predicted octanol–water partition coefficient (Wildman–Crippen LogP) is 2.61. The second-order valence-electron chi connectivity index (χ2n) is 4.92. The van der Waals surface area contributed by atoms with Crippen LogP contribution in [-0.2, 0) is 0 Å². The van der Waals surface area contributed by atoms with E-state index in [-0.39, 0.29) is 22.9 Å². The number of imidazole rings is 1. The lowest BCUT2D eigenvalue weighted by Crippen LogP contribution is -1.92. The lowest BCUT2D eigenvalue weighted by molar-refractivity contribution is 0.403. The molecule has 0 saturated heterocycles. The van der Waals surface area contributed by atoms with Crippen LogP contribution in [0.2, 0.25) is 0 Å². The average molecular weight is 320 g/mol. The van der Waals surface area contributed by atoms with E-state index in [0.717, 1.165) is 0 Å². The normalized spacial score (nSPS) is 10.8. The molecule has 0 radical (unpaired) electrons. The quantitative estimate of drug-likeness (QED) is 0.507. The molecular formula is C17H12N4O3. The number of phenolic OH excluding ortho intramolecular Hbond substituents is 3. The van der Waals surface area contributed by atoms with Crippen LogP contribution >= 0.6 is 0 Å². The minimum Gasteiger partial charge on any atom is -0.508 e. The number of nitriles is 1. The van der Waals surface area contributed by atoms with Gasteiger partial charge < -0.3 is 15.3 Å². The molecule has 0 unspecified atom stereocenters. The van der Waals surface area contributed by atoms with Crippen molar-refractivity contribution < 1.29 is 15.3 Å². The van der Waals surface area contributed by atoms with Crippen LogP contribution in [0.25, 0.3) is 5.69 Å². The lowest BCUT2D eigenvalue weighted by Gasteiger charge is -2.05. The molecule has 0 bridgehead atoms. The highest BCUT2D eigenvalue weighted by atomic mass is 16.3. The number of hydrogen-bond donors (Lipinski definition) is 3. The maximum atomic E-state index is 9.51. The van der Waals surface area contributed by atoms with E-state index >= 15 is 0 Å². The van der Waals surface area contributed by atoms with E-state index in [9.17, 15) is 20.6 Å². The van der Waals surface area contributed by atoms with Crippen molar-refractivity contribution in [3.8, 4) is 29.0 Å². The second kappa shape index (κ2) is 6.14. The molecule has 24 heavy (non-hydrogen) atoms. The summed E-state index contributed by atoms with van der Waals surface area (Å²) in [5, 5.41) is 37.4. The Morgan fingerprint density at radius 3 is 2.46 bits per heavy atom. The number of nitrogens with zero attached hydrogens (tertiary/aromatic N) is 4. The van der Waals surface area contributed by atoms with Gasteiger partial charge in [0.2, 0.25) is 0 Å². The maximum Gasteiger partial charge on any atom is 0.185 e. The molecule has 0 aliphatic rings. The fraction of sp³-hybridized carbons (Fsp3) is 0. The Kier molecular flexibility index (Phi) is 3.87. The Hall–Kier alpha value is -3.79. The summed E-state index contributed by atoms with van der Waals surface area (Å²) in [5.74, 6) is -0.0368. The monoisotopic (exact) mass is 320 g/mol. The first kappa shape index (κ1) is 15.1. The Morgan fingerprint density at radius 1 is 1.04 bits per heavy atom. The first-order chi connectivity index (χ1) is 11.6. The van der Waals surface area contributed by atoms with Crippen molar-refractivity contribution in [1.29, 1.82) is 5.26 Å². The number of aliphatic imine (C=N–C) groups is 1. The average Bonchev–Trinajstić information content (AvgIpc) is 2.99. The van der Waals surface area contributed by atoms with Gasteiger partial charge in [-0.05, 0) is 48.0 Å². The molecule has 0 saturated carbocycles. The molecule has 1 aromatic heterocycles. The van der Waals surface area contributed by atoms with Crippen LogP contribution in [0.1, 0.15) is 11.3 Å². The van der Waals surface area contributed by atoms with Gasteiger partial charge >= 0.3 is 0 Å². The summed E-state index contributed by atoms with van der Waals surface area (Å²) in [4.78, 5) is 8.29. The van der Waals surface area contributed by atoms with Crippen LogP contribution in [0.3, 0.4) is 0 Å². The topological polar surface area (TPSA) is 115 Å². The summed E-state index contributed by atoms with van der Waals surface area (Å²) in [7, 11) is 0. The van der Waals surface area contributed by atoms with E-state index in [4.69, 9.17) is 0 Å². The molecular weight excluding hydrogens is 308 g/mol. The van der Waals surface area contributed by atoms with Crippen LogP contribution < -0.4 is 0 Å². The first-order valence-electron chi connectivity index (χ1n) is 6.91. The molecule has 0 aliphatic carbocycles. The van der Waals surface area contributed by atoms with Gasteiger partial charge in [0.25, 0.3) is 0 Å². The second-order valence-corrected chi connectivity index (χ2v) is 4.92. The van der Waals surface area contributed by atoms with E-state index in [2.05, 4.69) is 9.98 Å². The van der Waals surface area contributed by atoms with Gasteiger partial charge in [-0.2, -0.15) is 5.26 Å². The van der Waals surface area contributed by atoms with Crippen LogP contribution in [0.4, 0.5) is 5.82 Å². The molecule has 3 rings (SSSR count). The van der Waals surface area contributed by atoms with Crippen LogP contribution in [0.15, 0.2) is 53.8 Å². The van der Waals surface area contributed by atoms with Gasteiger partial charge in [0, 0.05) is 11.9 Å². The Balaban J connectivity index is 2.02. The van der Waals surface area contributed by atoms with Crippen molar-refractivity contribution in [2.45, 2.75) is 0 Å². The molecule has 118 valence electrons. The van der Waals surface area contributed by atoms with Gasteiger partial charge in [-0.1, -0.05) is 0 Å². The smallest absolute Gasteiger partial charge is 0.185 e. The Morgan fingerprint density at radius 2 is 1.79 bits per heavy atom. The summed E-state index contributed by atoms with van der Waals surface area (Å²) >= 11 is 0. The van der Waals surface area contributed by atoms with E-state index in [1.165, 1.54) is 36.8 Å². The predicted molar refractivity (Wildman–Crippen MR) is 87.0 cm³/mol. The van der Waals surface area contributed by atoms with Gasteiger partial charge in [-0.3, -0.25) is 4.57 Å². The molecule has 2 aromatic carbocycles. The zero-order valence-corrected chi connectivity index (χ0v) is 12.3. The molecule has 0 spiro atoms. The SMILES string of the molecule is N#Cc1ncn(-c2ccc(O)cc2)c1/N=C/c1ccc(O)c(O)c1.